The average molecular weight is 330 g/mol. The molecule has 0 atom stereocenters. The van der Waals surface area contributed by atoms with Gasteiger partial charge in [0.25, 0.3) is 5.89 Å². The van der Waals surface area contributed by atoms with Crippen LogP contribution in [0.4, 0.5) is 0 Å². The number of nitrogens with zero attached hydrogens (tertiary/aromatic N) is 2. The van der Waals surface area contributed by atoms with Crippen molar-refractivity contribution in [3.63, 3.8) is 0 Å². The Morgan fingerprint density at radius 2 is 2.10 bits per heavy atom. The van der Waals surface area contributed by atoms with Crippen molar-refractivity contribution in [3.8, 4) is 5.75 Å². The van der Waals surface area contributed by atoms with E-state index in [9.17, 15) is 4.79 Å². The first-order chi connectivity index (χ1) is 10.2. The largest absolute Gasteiger partial charge is 0.484 e. The van der Waals surface area contributed by atoms with E-state index in [4.69, 9.17) is 32.5 Å². The van der Waals surface area contributed by atoms with Crippen molar-refractivity contribution >= 4 is 29.1 Å². The minimum atomic E-state index is -0.230. The SMILES string of the molecule is O=C(CCl)NCCc1noc(COc2ccc(Cl)cc2)n1. The third kappa shape index (κ3) is 5.24. The Morgan fingerprint density at radius 3 is 2.81 bits per heavy atom. The molecule has 1 aromatic carbocycles. The minimum Gasteiger partial charge on any atom is -0.484 e. The molecule has 0 spiro atoms. The van der Waals surface area contributed by atoms with Crippen molar-refractivity contribution in [2.75, 3.05) is 12.4 Å². The molecule has 8 heteroatoms. The summed E-state index contributed by atoms with van der Waals surface area (Å²) in [5.74, 6) is 1.23. The van der Waals surface area contributed by atoms with Crippen molar-refractivity contribution in [3.05, 3.63) is 41.0 Å². The van der Waals surface area contributed by atoms with Crippen molar-refractivity contribution in [2.24, 2.45) is 0 Å². The van der Waals surface area contributed by atoms with Gasteiger partial charge in [-0.2, -0.15) is 4.98 Å². The molecule has 0 aliphatic rings. The monoisotopic (exact) mass is 329 g/mol. The fourth-order valence-electron chi connectivity index (χ4n) is 1.49. The van der Waals surface area contributed by atoms with Crippen LogP contribution in [0.5, 0.6) is 5.75 Å². The molecule has 2 aromatic rings. The van der Waals surface area contributed by atoms with Gasteiger partial charge in [0.15, 0.2) is 12.4 Å². The van der Waals surface area contributed by atoms with Gasteiger partial charge >= 0.3 is 0 Å². The van der Waals surface area contributed by atoms with Crippen LogP contribution >= 0.6 is 23.2 Å². The number of aromatic nitrogens is 2. The number of rotatable bonds is 7. The number of halogens is 2. The summed E-state index contributed by atoms with van der Waals surface area (Å²) in [6.07, 6.45) is 0.465. The Bertz CT molecular complexity index is 587. The third-order valence-electron chi connectivity index (χ3n) is 2.48. The van der Waals surface area contributed by atoms with Crippen molar-refractivity contribution < 1.29 is 14.1 Å². The maximum Gasteiger partial charge on any atom is 0.264 e. The molecule has 0 saturated heterocycles. The van der Waals surface area contributed by atoms with Crippen LogP contribution in [-0.2, 0) is 17.8 Å². The summed E-state index contributed by atoms with van der Waals surface area (Å²) in [4.78, 5) is 15.1. The molecule has 2 rings (SSSR count). The zero-order chi connectivity index (χ0) is 15.1. The highest BCUT2D eigenvalue weighted by molar-refractivity contribution is 6.30. The van der Waals surface area contributed by atoms with Gasteiger partial charge in [0, 0.05) is 18.0 Å². The fraction of sp³-hybridized carbons (Fsp3) is 0.308. The van der Waals surface area contributed by atoms with Gasteiger partial charge in [-0.15, -0.1) is 11.6 Å². The first-order valence-corrected chi connectivity index (χ1v) is 7.11. The number of carbonyl (C=O) groups is 1. The van der Waals surface area contributed by atoms with Gasteiger partial charge < -0.3 is 14.6 Å². The Kier molecular flexibility index (Phi) is 5.83. The average Bonchev–Trinajstić information content (AvgIpc) is 2.94. The van der Waals surface area contributed by atoms with Crippen molar-refractivity contribution in [1.29, 1.82) is 0 Å². The number of amides is 1. The van der Waals surface area contributed by atoms with Crippen LogP contribution in [0, 0.1) is 0 Å². The number of hydrogen-bond acceptors (Lipinski definition) is 5. The first kappa shape index (κ1) is 15.6. The van der Waals surface area contributed by atoms with E-state index in [0.717, 1.165) is 0 Å². The number of carbonyl (C=O) groups excluding carboxylic acids is 1. The van der Waals surface area contributed by atoms with E-state index in [1.807, 2.05) is 0 Å². The maximum atomic E-state index is 11.0. The molecule has 0 aliphatic carbocycles. The Hall–Kier alpha value is -1.79. The van der Waals surface area contributed by atoms with Gasteiger partial charge in [-0.1, -0.05) is 16.8 Å². The number of nitrogens with one attached hydrogen (secondary N) is 1. The minimum absolute atomic E-state index is 0.0631. The summed E-state index contributed by atoms with van der Waals surface area (Å²) >= 11 is 11.1. The van der Waals surface area contributed by atoms with Crippen LogP contribution in [-0.4, -0.2) is 28.5 Å². The molecule has 0 radical (unpaired) electrons. The van der Waals surface area contributed by atoms with E-state index in [1.165, 1.54) is 0 Å². The van der Waals surface area contributed by atoms with Crippen molar-refractivity contribution in [1.82, 2.24) is 15.5 Å². The molecule has 1 heterocycles. The summed E-state index contributed by atoms with van der Waals surface area (Å²) in [6.45, 7) is 0.575. The summed E-state index contributed by atoms with van der Waals surface area (Å²) in [5.41, 5.74) is 0. The molecule has 0 bridgehead atoms. The highest BCUT2D eigenvalue weighted by Crippen LogP contribution is 2.16. The maximum absolute atomic E-state index is 11.0. The van der Waals surface area contributed by atoms with Crippen molar-refractivity contribution in [2.45, 2.75) is 13.0 Å². The highest BCUT2D eigenvalue weighted by Gasteiger charge is 2.07. The van der Waals surface area contributed by atoms with E-state index in [0.29, 0.717) is 35.5 Å². The normalized spacial score (nSPS) is 10.4. The van der Waals surface area contributed by atoms with Gasteiger partial charge in [0.1, 0.15) is 11.6 Å². The molecule has 0 fully saturated rings. The molecule has 1 amide bonds. The Labute approximate surface area is 131 Å². The van der Waals surface area contributed by atoms with E-state index in [-0.39, 0.29) is 18.4 Å². The second-order valence-electron chi connectivity index (χ2n) is 4.08. The zero-order valence-electron chi connectivity index (χ0n) is 11.0. The second-order valence-corrected chi connectivity index (χ2v) is 4.78. The molecule has 6 nitrogen and oxygen atoms in total. The van der Waals surface area contributed by atoms with E-state index >= 15 is 0 Å². The fourth-order valence-corrected chi connectivity index (χ4v) is 1.71. The lowest BCUT2D eigenvalue weighted by molar-refractivity contribution is -0.118. The second kappa shape index (κ2) is 7.85. The van der Waals surface area contributed by atoms with Gasteiger partial charge in [0.05, 0.1) is 0 Å². The predicted molar refractivity (Wildman–Crippen MR) is 77.5 cm³/mol. The molecule has 21 heavy (non-hydrogen) atoms. The molecule has 1 aromatic heterocycles. The third-order valence-corrected chi connectivity index (χ3v) is 2.97. The van der Waals surface area contributed by atoms with Crippen LogP contribution < -0.4 is 10.1 Å². The number of alkyl halides is 1. The number of hydrogen-bond donors (Lipinski definition) is 1. The standard InChI is InChI=1S/C13H13Cl2N3O3/c14-7-12(19)16-6-5-11-17-13(21-18-11)8-20-10-3-1-9(15)2-4-10/h1-4H,5-8H2,(H,16,19). The lowest BCUT2D eigenvalue weighted by Crippen LogP contribution is -2.26. The molecular weight excluding hydrogens is 317 g/mol. The highest BCUT2D eigenvalue weighted by atomic mass is 35.5. The van der Waals surface area contributed by atoms with Crippen LogP contribution in [0.2, 0.25) is 5.02 Å². The number of benzene rings is 1. The molecule has 0 saturated carbocycles. The van der Waals surface area contributed by atoms with Gasteiger partial charge in [0.2, 0.25) is 5.91 Å². The van der Waals surface area contributed by atoms with Crippen LogP contribution in [0.15, 0.2) is 28.8 Å². The number of ether oxygens (including phenoxy) is 1. The van der Waals surface area contributed by atoms with E-state index in [1.54, 1.807) is 24.3 Å². The first-order valence-electron chi connectivity index (χ1n) is 6.20. The molecular formula is C13H13Cl2N3O3. The zero-order valence-corrected chi connectivity index (χ0v) is 12.5. The van der Waals surface area contributed by atoms with E-state index < -0.39 is 0 Å². The summed E-state index contributed by atoms with van der Waals surface area (Å²) in [7, 11) is 0. The molecule has 0 aliphatic heterocycles. The van der Waals surface area contributed by atoms with Crippen LogP contribution in [0.3, 0.4) is 0 Å². The van der Waals surface area contributed by atoms with Crippen LogP contribution in [0.25, 0.3) is 0 Å². The lowest BCUT2D eigenvalue weighted by atomic mass is 10.3. The van der Waals surface area contributed by atoms with Crippen LogP contribution in [0.1, 0.15) is 11.7 Å². The summed E-state index contributed by atoms with van der Waals surface area (Å²) < 4.78 is 10.5. The Balaban J connectivity index is 1.77. The predicted octanol–water partition coefficient (Wildman–Crippen LogP) is 2.20. The lowest BCUT2D eigenvalue weighted by Gasteiger charge is -2.02. The van der Waals surface area contributed by atoms with Gasteiger partial charge in [-0.3, -0.25) is 4.79 Å². The Morgan fingerprint density at radius 1 is 1.33 bits per heavy atom. The summed E-state index contributed by atoms with van der Waals surface area (Å²) in [6, 6.07) is 6.97. The van der Waals surface area contributed by atoms with E-state index in [2.05, 4.69) is 15.5 Å². The molecule has 112 valence electrons. The van der Waals surface area contributed by atoms with Gasteiger partial charge in [-0.25, -0.2) is 0 Å². The molecule has 0 unspecified atom stereocenters. The van der Waals surface area contributed by atoms with Gasteiger partial charge in [-0.05, 0) is 24.3 Å². The smallest absolute Gasteiger partial charge is 0.264 e. The topological polar surface area (TPSA) is 77.2 Å². The quantitative estimate of drug-likeness (QED) is 0.788. The summed E-state index contributed by atoms with van der Waals surface area (Å²) in [5, 5.41) is 7.05. The molecule has 1 N–H and O–H groups in total.